The lowest BCUT2D eigenvalue weighted by atomic mass is 9.81. The quantitative estimate of drug-likeness (QED) is 0.215. The zero-order valence-electron chi connectivity index (χ0n) is 22.8. The van der Waals surface area contributed by atoms with Crippen LogP contribution in [0, 0.1) is 17.8 Å². The van der Waals surface area contributed by atoms with Gasteiger partial charge in [-0.2, -0.15) is 0 Å². The summed E-state index contributed by atoms with van der Waals surface area (Å²) in [6.45, 7) is 7.09. The second-order valence-corrected chi connectivity index (χ2v) is 10.5. The van der Waals surface area contributed by atoms with Crippen LogP contribution in [0.5, 0.6) is 11.5 Å². The molecule has 0 radical (unpaired) electrons. The van der Waals surface area contributed by atoms with Crippen LogP contribution in [-0.2, 0) is 20.9 Å². The van der Waals surface area contributed by atoms with E-state index in [2.05, 4.69) is 10.7 Å². The van der Waals surface area contributed by atoms with Crippen molar-refractivity contribution in [3.05, 3.63) is 60.2 Å². The molecule has 3 atom stereocenters. The number of hydrogen-bond acceptors (Lipinski definition) is 5. The Morgan fingerprint density at radius 3 is 2.45 bits per heavy atom. The Morgan fingerprint density at radius 1 is 1.03 bits per heavy atom. The van der Waals surface area contributed by atoms with Crippen molar-refractivity contribution in [2.24, 2.45) is 23.6 Å². The second-order valence-electron chi connectivity index (χ2n) is 10.5. The van der Waals surface area contributed by atoms with Crippen molar-refractivity contribution in [1.82, 2.24) is 15.6 Å². The maximum atomic E-state index is 13.6. The maximum Gasteiger partial charge on any atom is 0.245 e. The summed E-state index contributed by atoms with van der Waals surface area (Å²) in [5, 5.41) is 3.02. The highest BCUT2D eigenvalue weighted by Gasteiger charge is 2.36. The molecule has 2 aromatic rings. The normalized spacial score (nSPS) is 17.4. The van der Waals surface area contributed by atoms with Crippen LogP contribution in [-0.4, -0.2) is 35.2 Å². The van der Waals surface area contributed by atoms with Crippen LogP contribution in [0.2, 0.25) is 0 Å². The Balaban J connectivity index is 1.72. The number of amides is 3. The molecule has 0 aliphatic carbocycles. The summed E-state index contributed by atoms with van der Waals surface area (Å²) in [5.74, 6) is 5.35. The molecular weight excluding hydrogens is 480 g/mol. The molecule has 206 valence electrons. The zero-order valence-corrected chi connectivity index (χ0v) is 22.8. The molecule has 1 heterocycles. The molecule has 1 aliphatic rings. The first-order valence-electron chi connectivity index (χ1n) is 13.7. The van der Waals surface area contributed by atoms with Crippen LogP contribution >= 0.6 is 0 Å². The molecule has 3 rings (SSSR count). The molecule has 2 aromatic carbocycles. The molecule has 8 nitrogen and oxygen atoms in total. The molecule has 38 heavy (non-hydrogen) atoms. The number of hydrogen-bond donors (Lipinski definition) is 3. The minimum absolute atomic E-state index is 0.0937. The van der Waals surface area contributed by atoms with Gasteiger partial charge in [-0.15, -0.1) is 0 Å². The van der Waals surface area contributed by atoms with Gasteiger partial charge in [-0.05, 0) is 67.9 Å². The van der Waals surface area contributed by atoms with Crippen molar-refractivity contribution in [3.63, 3.8) is 0 Å². The van der Waals surface area contributed by atoms with Gasteiger partial charge in [0.15, 0.2) is 0 Å². The Bertz CT molecular complexity index is 1060. The van der Waals surface area contributed by atoms with E-state index in [9.17, 15) is 14.4 Å². The number of carbonyl (C=O) groups excluding carboxylic acids is 3. The lowest BCUT2D eigenvalue weighted by molar-refractivity contribution is -0.140. The van der Waals surface area contributed by atoms with Crippen molar-refractivity contribution in [2.45, 2.75) is 71.9 Å². The van der Waals surface area contributed by atoms with Gasteiger partial charge >= 0.3 is 0 Å². The predicted molar refractivity (Wildman–Crippen MR) is 148 cm³/mol. The van der Waals surface area contributed by atoms with Crippen molar-refractivity contribution in [3.8, 4) is 11.5 Å². The van der Waals surface area contributed by atoms with Gasteiger partial charge in [-0.25, -0.2) is 5.84 Å². The van der Waals surface area contributed by atoms with Crippen molar-refractivity contribution in [2.75, 3.05) is 6.54 Å². The van der Waals surface area contributed by atoms with E-state index in [1.165, 1.54) is 0 Å². The van der Waals surface area contributed by atoms with E-state index >= 15 is 0 Å². The summed E-state index contributed by atoms with van der Waals surface area (Å²) in [7, 11) is 0. The first kappa shape index (κ1) is 29.2. The number of carbonyl (C=O) groups is 3. The number of nitrogens with one attached hydrogen (secondary N) is 2. The predicted octanol–water partition coefficient (Wildman–Crippen LogP) is 4.54. The number of rotatable bonds is 12. The summed E-state index contributed by atoms with van der Waals surface area (Å²) >= 11 is 0. The Labute approximate surface area is 226 Å². The fourth-order valence-electron chi connectivity index (χ4n) is 5.12. The minimum Gasteiger partial charge on any atom is -0.457 e. The third-order valence-corrected chi connectivity index (χ3v) is 6.97. The summed E-state index contributed by atoms with van der Waals surface area (Å²) in [4.78, 5) is 41.4. The van der Waals surface area contributed by atoms with Gasteiger partial charge in [-0.3, -0.25) is 19.8 Å². The van der Waals surface area contributed by atoms with Gasteiger partial charge in [0.25, 0.3) is 0 Å². The summed E-state index contributed by atoms with van der Waals surface area (Å²) < 4.78 is 5.96. The van der Waals surface area contributed by atoms with Gasteiger partial charge < -0.3 is 15.0 Å². The molecule has 1 fully saturated rings. The molecule has 1 aliphatic heterocycles. The maximum absolute atomic E-state index is 13.6. The molecule has 4 N–H and O–H groups in total. The molecule has 8 heteroatoms. The minimum atomic E-state index is -0.619. The number of hydrazine groups is 1. The largest absolute Gasteiger partial charge is 0.457 e. The number of benzene rings is 2. The van der Waals surface area contributed by atoms with Gasteiger partial charge in [-0.1, -0.05) is 57.5 Å². The zero-order chi connectivity index (χ0) is 27.5. The van der Waals surface area contributed by atoms with E-state index in [4.69, 9.17) is 10.6 Å². The van der Waals surface area contributed by atoms with Crippen LogP contribution in [0.3, 0.4) is 0 Å². The van der Waals surface area contributed by atoms with E-state index < -0.39 is 17.9 Å². The van der Waals surface area contributed by atoms with Crippen LogP contribution in [0.15, 0.2) is 54.6 Å². The van der Waals surface area contributed by atoms with E-state index in [0.717, 1.165) is 30.6 Å². The fourth-order valence-corrected chi connectivity index (χ4v) is 5.12. The smallest absolute Gasteiger partial charge is 0.245 e. The lowest BCUT2D eigenvalue weighted by Crippen LogP contribution is -2.51. The molecule has 0 spiro atoms. The molecule has 3 amide bonds. The van der Waals surface area contributed by atoms with Gasteiger partial charge in [0.2, 0.25) is 17.7 Å². The third kappa shape index (κ3) is 8.31. The van der Waals surface area contributed by atoms with Crippen molar-refractivity contribution >= 4 is 17.7 Å². The average molecular weight is 523 g/mol. The topological polar surface area (TPSA) is 114 Å². The monoisotopic (exact) mass is 522 g/mol. The van der Waals surface area contributed by atoms with E-state index in [-0.39, 0.29) is 23.6 Å². The summed E-state index contributed by atoms with van der Waals surface area (Å²) in [6, 6.07) is 16.7. The SMILES string of the molecule is CCC[C@H](C(=O)NN)[C@@H](CC(C)C)C(=O)N[C@H]1CCCCN(Cc2cccc(Oc3ccccc3)c2)C1=O. The fraction of sp³-hybridized carbons (Fsp3) is 0.500. The Hall–Kier alpha value is -3.39. The highest BCUT2D eigenvalue weighted by atomic mass is 16.5. The summed E-state index contributed by atoms with van der Waals surface area (Å²) in [6.07, 6.45) is 4.13. The van der Waals surface area contributed by atoms with Crippen LogP contribution < -0.4 is 21.3 Å². The van der Waals surface area contributed by atoms with Crippen molar-refractivity contribution < 1.29 is 19.1 Å². The molecule has 0 unspecified atom stereocenters. The first-order chi connectivity index (χ1) is 18.3. The first-order valence-corrected chi connectivity index (χ1v) is 13.7. The lowest BCUT2D eigenvalue weighted by Gasteiger charge is -2.29. The third-order valence-electron chi connectivity index (χ3n) is 6.97. The highest BCUT2D eigenvalue weighted by Crippen LogP contribution is 2.27. The van der Waals surface area contributed by atoms with Gasteiger partial charge in [0, 0.05) is 19.0 Å². The standard InChI is InChI=1S/C30H42N4O4/c1-4-11-25(29(36)33-31)26(18-21(2)3)28(35)32-27-16-8-9-17-34(30(27)37)20-22-12-10-15-24(19-22)38-23-13-6-5-7-14-23/h5-7,10,12-15,19,21,25-27H,4,8-9,11,16-18,20,31H2,1-3H3,(H,32,35)(H,33,36)/t25-,26+,27-/m0/s1. The molecule has 0 saturated carbocycles. The van der Waals surface area contributed by atoms with E-state index in [1.54, 1.807) is 0 Å². The van der Waals surface area contributed by atoms with Crippen LogP contribution in [0.1, 0.15) is 64.9 Å². The molecule has 0 aromatic heterocycles. The van der Waals surface area contributed by atoms with E-state index in [1.807, 2.05) is 80.3 Å². The number of para-hydroxylation sites is 1. The average Bonchev–Trinajstić information content (AvgIpc) is 3.07. The Morgan fingerprint density at radius 2 is 1.76 bits per heavy atom. The number of ether oxygens (including phenoxy) is 1. The molecule has 1 saturated heterocycles. The van der Waals surface area contributed by atoms with Gasteiger partial charge in [0.05, 0.1) is 5.92 Å². The molecular formula is C30H42N4O4. The van der Waals surface area contributed by atoms with Gasteiger partial charge in [0.1, 0.15) is 17.5 Å². The molecule has 0 bridgehead atoms. The summed E-state index contributed by atoms with van der Waals surface area (Å²) in [5.41, 5.74) is 3.19. The van der Waals surface area contributed by atoms with Crippen LogP contribution in [0.25, 0.3) is 0 Å². The number of likely N-dealkylation sites (tertiary alicyclic amines) is 1. The highest BCUT2D eigenvalue weighted by molar-refractivity contribution is 5.91. The van der Waals surface area contributed by atoms with Crippen LogP contribution in [0.4, 0.5) is 0 Å². The van der Waals surface area contributed by atoms with E-state index in [0.29, 0.717) is 38.1 Å². The number of nitrogens with two attached hydrogens (primary N) is 1. The number of nitrogens with zero attached hydrogens (tertiary/aromatic N) is 1. The van der Waals surface area contributed by atoms with Crippen molar-refractivity contribution in [1.29, 1.82) is 0 Å². The Kier molecular flexibility index (Phi) is 11.1. The second kappa shape index (κ2) is 14.5.